The molecule has 2 atom stereocenters. The van der Waals surface area contributed by atoms with Crippen LogP contribution in [0.25, 0.3) is 0 Å². The highest BCUT2D eigenvalue weighted by molar-refractivity contribution is 5.71. The van der Waals surface area contributed by atoms with Gasteiger partial charge in [0.25, 0.3) is 0 Å². The van der Waals surface area contributed by atoms with Crippen LogP contribution in [-0.4, -0.2) is 42.3 Å². The van der Waals surface area contributed by atoms with E-state index in [2.05, 4.69) is 24.0 Å². The molecule has 2 rings (SSSR count). The summed E-state index contributed by atoms with van der Waals surface area (Å²) in [6, 6.07) is 8.13. The number of ether oxygens (including phenoxy) is 1. The van der Waals surface area contributed by atoms with Crippen LogP contribution in [-0.2, 0) is 16.1 Å². The van der Waals surface area contributed by atoms with Crippen molar-refractivity contribution in [3.63, 3.8) is 0 Å². The Bertz CT molecular complexity index is 433. The molecule has 2 unspecified atom stereocenters. The van der Waals surface area contributed by atoms with Gasteiger partial charge < -0.3 is 9.84 Å². The number of hydrogen-bond donors (Lipinski definition) is 1. The predicted molar refractivity (Wildman–Crippen MR) is 68.4 cm³/mol. The highest BCUT2D eigenvalue weighted by Crippen LogP contribution is 2.21. The largest absolute Gasteiger partial charge is 0.481 e. The highest BCUT2D eigenvalue weighted by Gasteiger charge is 2.36. The number of rotatable bonds is 4. The van der Waals surface area contributed by atoms with Gasteiger partial charge in [0.2, 0.25) is 0 Å². The fourth-order valence-corrected chi connectivity index (χ4v) is 2.39. The number of aryl methyl sites for hydroxylation is 1. The van der Waals surface area contributed by atoms with Crippen LogP contribution in [0, 0.1) is 12.8 Å². The van der Waals surface area contributed by atoms with E-state index >= 15 is 0 Å². The lowest BCUT2D eigenvalue weighted by Gasteiger charge is -2.26. The number of carboxylic acid groups (broad SMARTS) is 1. The van der Waals surface area contributed by atoms with Crippen LogP contribution in [0.3, 0.4) is 0 Å². The minimum atomic E-state index is -0.769. The summed E-state index contributed by atoms with van der Waals surface area (Å²) in [4.78, 5) is 13.2. The zero-order valence-electron chi connectivity index (χ0n) is 10.8. The van der Waals surface area contributed by atoms with Gasteiger partial charge in [-0.2, -0.15) is 0 Å². The van der Waals surface area contributed by atoms with Crippen molar-refractivity contribution in [2.24, 2.45) is 5.92 Å². The van der Waals surface area contributed by atoms with Gasteiger partial charge in [0.15, 0.2) is 0 Å². The molecule has 0 bridgehead atoms. The summed E-state index contributed by atoms with van der Waals surface area (Å²) in [5.41, 5.74) is 2.46. The first-order valence-corrected chi connectivity index (χ1v) is 6.15. The molecule has 0 amide bonds. The second kappa shape index (κ2) is 5.50. The number of carbonyl (C=O) groups is 1. The van der Waals surface area contributed by atoms with Crippen LogP contribution in [0.5, 0.6) is 0 Å². The molecule has 0 saturated carbocycles. The molecule has 18 heavy (non-hydrogen) atoms. The first-order valence-electron chi connectivity index (χ1n) is 6.15. The summed E-state index contributed by atoms with van der Waals surface area (Å²) in [6.07, 6.45) is 0. The lowest BCUT2D eigenvalue weighted by Crippen LogP contribution is -2.40. The summed E-state index contributed by atoms with van der Waals surface area (Å²) in [6.45, 7) is 3.64. The fraction of sp³-hybridized carbons (Fsp3) is 0.500. The summed E-state index contributed by atoms with van der Waals surface area (Å²) in [5.74, 6) is -1.19. The molecular weight excluding hydrogens is 230 g/mol. The summed E-state index contributed by atoms with van der Waals surface area (Å²) < 4.78 is 5.30. The van der Waals surface area contributed by atoms with E-state index in [0.717, 1.165) is 6.54 Å². The van der Waals surface area contributed by atoms with Crippen LogP contribution in [0.2, 0.25) is 0 Å². The summed E-state index contributed by atoms with van der Waals surface area (Å²) >= 11 is 0. The molecule has 4 heteroatoms. The van der Waals surface area contributed by atoms with Crippen molar-refractivity contribution in [1.82, 2.24) is 4.90 Å². The molecule has 0 aliphatic carbocycles. The molecule has 1 N–H and O–H groups in total. The Labute approximate surface area is 107 Å². The maximum Gasteiger partial charge on any atom is 0.310 e. The third-order valence-corrected chi connectivity index (χ3v) is 3.61. The van der Waals surface area contributed by atoms with Gasteiger partial charge in [-0.3, -0.25) is 9.69 Å². The van der Waals surface area contributed by atoms with Crippen molar-refractivity contribution in [3.05, 3.63) is 35.4 Å². The van der Waals surface area contributed by atoms with E-state index in [4.69, 9.17) is 9.84 Å². The molecule has 0 aromatic heterocycles. The molecular formula is C14H19NO3. The lowest BCUT2D eigenvalue weighted by molar-refractivity contribution is -0.143. The van der Waals surface area contributed by atoms with Gasteiger partial charge in [0.1, 0.15) is 0 Å². The number of likely N-dealkylation sites (N-methyl/N-ethyl adjacent to an activating group) is 1. The van der Waals surface area contributed by atoms with E-state index in [1.807, 2.05) is 19.2 Å². The van der Waals surface area contributed by atoms with Crippen molar-refractivity contribution in [1.29, 1.82) is 0 Å². The number of benzene rings is 1. The summed E-state index contributed by atoms with van der Waals surface area (Å²) in [5, 5.41) is 9.15. The second-order valence-corrected chi connectivity index (χ2v) is 4.89. The monoisotopic (exact) mass is 249 g/mol. The van der Waals surface area contributed by atoms with Crippen molar-refractivity contribution in [2.45, 2.75) is 19.5 Å². The molecule has 1 aromatic carbocycles. The lowest BCUT2D eigenvalue weighted by atomic mass is 10.0. The highest BCUT2D eigenvalue weighted by atomic mass is 16.5. The molecule has 1 fully saturated rings. The Balaban J connectivity index is 2.06. The Morgan fingerprint density at radius 2 is 2.17 bits per heavy atom. The van der Waals surface area contributed by atoms with Gasteiger partial charge in [-0.15, -0.1) is 0 Å². The molecule has 98 valence electrons. The Hall–Kier alpha value is -1.39. The van der Waals surface area contributed by atoms with Gasteiger partial charge in [-0.05, 0) is 25.1 Å². The molecule has 1 saturated heterocycles. The molecule has 4 nitrogen and oxygen atoms in total. The Morgan fingerprint density at radius 1 is 1.44 bits per heavy atom. The zero-order valence-corrected chi connectivity index (χ0v) is 10.8. The Morgan fingerprint density at radius 3 is 2.83 bits per heavy atom. The molecule has 0 radical (unpaired) electrons. The van der Waals surface area contributed by atoms with E-state index in [9.17, 15) is 4.79 Å². The number of aliphatic carboxylic acids is 1. The van der Waals surface area contributed by atoms with Gasteiger partial charge in [0.05, 0.1) is 19.1 Å². The first-order chi connectivity index (χ1) is 8.59. The zero-order chi connectivity index (χ0) is 13.1. The molecule has 0 spiro atoms. The third kappa shape index (κ3) is 2.71. The van der Waals surface area contributed by atoms with Crippen molar-refractivity contribution in [2.75, 3.05) is 20.3 Å². The standard InChI is InChI=1S/C14H19NO3/c1-10-5-3-4-6-11(10)7-15(2)13-9-18-8-12(13)14(16)17/h3-6,12-13H,7-9H2,1-2H3,(H,16,17). The van der Waals surface area contributed by atoms with Gasteiger partial charge >= 0.3 is 5.97 Å². The van der Waals surface area contributed by atoms with E-state index in [0.29, 0.717) is 13.2 Å². The van der Waals surface area contributed by atoms with Crippen LogP contribution in [0.4, 0.5) is 0 Å². The third-order valence-electron chi connectivity index (χ3n) is 3.61. The van der Waals surface area contributed by atoms with Crippen LogP contribution in [0.15, 0.2) is 24.3 Å². The molecule has 1 aliphatic heterocycles. The second-order valence-electron chi connectivity index (χ2n) is 4.89. The molecule has 1 aromatic rings. The Kier molecular flexibility index (Phi) is 3.99. The van der Waals surface area contributed by atoms with Crippen LogP contribution < -0.4 is 0 Å². The van der Waals surface area contributed by atoms with Crippen molar-refractivity contribution < 1.29 is 14.6 Å². The average molecular weight is 249 g/mol. The minimum absolute atomic E-state index is 0.0397. The number of hydrogen-bond acceptors (Lipinski definition) is 3. The van der Waals surface area contributed by atoms with Gasteiger partial charge in [0, 0.05) is 12.6 Å². The summed E-state index contributed by atoms with van der Waals surface area (Å²) in [7, 11) is 1.96. The van der Waals surface area contributed by atoms with Gasteiger partial charge in [-0.1, -0.05) is 24.3 Å². The SMILES string of the molecule is Cc1ccccc1CN(C)C1COCC1C(=O)O. The first kappa shape index (κ1) is 13.1. The quantitative estimate of drug-likeness (QED) is 0.879. The maximum absolute atomic E-state index is 11.1. The molecule has 1 heterocycles. The average Bonchev–Trinajstić information content (AvgIpc) is 2.81. The maximum atomic E-state index is 11.1. The van der Waals surface area contributed by atoms with Crippen LogP contribution in [0.1, 0.15) is 11.1 Å². The minimum Gasteiger partial charge on any atom is -0.481 e. The smallest absolute Gasteiger partial charge is 0.310 e. The number of carboxylic acids is 1. The fourth-order valence-electron chi connectivity index (χ4n) is 2.39. The normalized spacial score (nSPS) is 23.5. The van der Waals surface area contributed by atoms with E-state index < -0.39 is 11.9 Å². The predicted octanol–water partition coefficient (Wildman–Crippen LogP) is 1.53. The molecule has 1 aliphatic rings. The van der Waals surface area contributed by atoms with Gasteiger partial charge in [-0.25, -0.2) is 0 Å². The van der Waals surface area contributed by atoms with Crippen molar-refractivity contribution in [3.8, 4) is 0 Å². The van der Waals surface area contributed by atoms with E-state index in [-0.39, 0.29) is 6.04 Å². The van der Waals surface area contributed by atoms with E-state index in [1.54, 1.807) is 0 Å². The van der Waals surface area contributed by atoms with E-state index in [1.165, 1.54) is 11.1 Å². The van der Waals surface area contributed by atoms with Crippen LogP contribution >= 0.6 is 0 Å². The topological polar surface area (TPSA) is 49.8 Å². The number of nitrogens with zero attached hydrogens (tertiary/aromatic N) is 1. The van der Waals surface area contributed by atoms with Crippen molar-refractivity contribution >= 4 is 5.97 Å².